The number of anilines is 6. The summed E-state index contributed by atoms with van der Waals surface area (Å²) in [6.45, 7) is 6.95. The van der Waals surface area contributed by atoms with Crippen LogP contribution in [0, 0.1) is 0 Å². The molecule has 0 saturated carbocycles. The zero-order valence-corrected chi connectivity index (χ0v) is 55.6. The Morgan fingerprint density at radius 2 is 0.584 bits per heavy atom. The summed E-state index contributed by atoms with van der Waals surface area (Å²) >= 11 is 0. The van der Waals surface area contributed by atoms with Crippen LogP contribution in [0.25, 0.3) is 165 Å². The largest absolute Gasteiger partial charge is 0.456 e. The Morgan fingerprint density at radius 3 is 0.990 bits per heavy atom. The predicted molar refractivity (Wildman–Crippen MR) is 425 cm³/mol. The van der Waals surface area contributed by atoms with E-state index in [1.165, 1.54) is 109 Å². The maximum atomic E-state index is 6.48. The van der Waals surface area contributed by atoms with Gasteiger partial charge in [-0.05, 0) is 182 Å². The first-order valence-electron chi connectivity index (χ1n) is 35.2. The van der Waals surface area contributed by atoms with Gasteiger partial charge in [0.2, 0.25) is 0 Å². The van der Waals surface area contributed by atoms with Crippen LogP contribution in [0.3, 0.4) is 0 Å². The van der Waals surface area contributed by atoms with Crippen molar-refractivity contribution < 1.29 is 8.83 Å². The molecule has 8 heterocycles. The molecule has 0 saturated heterocycles. The standard InChI is InChI=1S/C94H59BN4O2/c1-94(2,3)60-52-85-91-86(53-60)97(78-29-13-5-21-62(78)59-48-73-65-24-8-16-32-81(65)99-82-33-17-9-25-66(82)74(49-59)93(73)99)84-51-57(55-39-43-90-70(45-55)68-27-11-19-35-88(68)101-90)37-41-76(84)95(91)75-40-36-56(54-38-42-89-69(44-54)67-26-10-18-34-87(67)100-89)50-83(75)96(85)77-28-12-4-20-61(77)58-46-71-63-22-6-14-30-79(63)98-80-31-15-7-23-64(80)72(47-58)92(71)98/h4-53H,1-3H3. The van der Waals surface area contributed by atoms with Gasteiger partial charge in [0, 0.05) is 98.5 Å². The van der Waals surface area contributed by atoms with E-state index in [1.807, 2.05) is 0 Å². The summed E-state index contributed by atoms with van der Waals surface area (Å²) in [5.74, 6) is 0. The fourth-order valence-electron chi connectivity index (χ4n) is 18.1. The Bertz CT molecular complexity index is 6590. The first-order valence-corrected chi connectivity index (χ1v) is 35.2. The molecule has 0 spiro atoms. The number of benzene rings is 15. The number of fused-ring (bicyclic) bond motifs is 22. The Kier molecular flexibility index (Phi) is 10.9. The van der Waals surface area contributed by atoms with Crippen LogP contribution in [-0.2, 0) is 5.41 Å². The molecular formula is C94H59BN4O2. The smallest absolute Gasteiger partial charge is 0.252 e. The number of hydrogen-bond donors (Lipinski definition) is 0. The van der Waals surface area contributed by atoms with E-state index < -0.39 is 0 Å². The number of nitrogens with zero attached hydrogens (tertiary/aromatic N) is 4. The highest BCUT2D eigenvalue weighted by Gasteiger charge is 2.45. The van der Waals surface area contributed by atoms with Crippen LogP contribution in [0.15, 0.2) is 312 Å². The molecule has 0 amide bonds. The van der Waals surface area contributed by atoms with Gasteiger partial charge in [0.1, 0.15) is 22.3 Å². The summed E-state index contributed by atoms with van der Waals surface area (Å²) in [7, 11) is 0. The summed E-state index contributed by atoms with van der Waals surface area (Å²) in [5.41, 5.74) is 31.6. The minimum atomic E-state index is -0.291. The maximum Gasteiger partial charge on any atom is 0.252 e. The number of rotatable bonds is 6. The van der Waals surface area contributed by atoms with E-state index in [4.69, 9.17) is 8.83 Å². The summed E-state index contributed by atoms with van der Waals surface area (Å²) in [5, 5.41) is 14.4. The van der Waals surface area contributed by atoms with Crippen molar-refractivity contribution >= 4 is 177 Å². The van der Waals surface area contributed by atoms with E-state index in [2.05, 4.69) is 343 Å². The second-order valence-corrected chi connectivity index (χ2v) is 29.1. The van der Waals surface area contributed by atoms with Gasteiger partial charge in [-0.2, -0.15) is 0 Å². The lowest BCUT2D eigenvalue weighted by Gasteiger charge is -2.46. The van der Waals surface area contributed by atoms with E-state index in [-0.39, 0.29) is 12.1 Å². The van der Waals surface area contributed by atoms with Crippen molar-refractivity contribution in [2.24, 2.45) is 0 Å². The molecule has 470 valence electrons. The molecular weight excluding hydrogens is 1230 g/mol. The maximum absolute atomic E-state index is 6.48. The van der Waals surface area contributed by atoms with Gasteiger partial charge >= 0.3 is 0 Å². The van der Waals surface area contributed by atoms with Gasteiger partial charge in [-0.3, -0.25) is 0 Å². The van der Waals surface area contributed by atoms with Gasteiger partial charge in [-0.1, -0.05) is 203 Å². The molecule has 2 aliphatic rings. The van der Waals surface area contributed by atoms with Crippen LogP contribution < -0.4 is 26.2 Å². The molecule has 7 heteroatoms. The molecule has 101 heavy (non-hydrogen) atoms. The molecule has 0 radical (unpaired) electrons. The van der Waals surface area contributed by atoms with E-state index in [0.29, 0.717) is 0 Å². The fraction of sp³-hybridized carbons (Fsp3) is 0.0426. The first-order chi connectivity index (χ1) is 49.7. The minimum Gasteiger partial charge on any atom is -0.456 e. The lowest BCUT2D eigenvalue weighted by Crippen LogP contribution is -2.61. The van der Waals surface area contributed by atoms with Crippen LogP contribution in [0.4, 0.5) is 34.1 Å². The molecule has 0 unspecified atom stereocenters. The summed E-state index contributed by atoms with van der Waals surface area (Å²) in [6, 6.07) is 114. The summed E-state index contributed by atoms with van der Waals surface area (Å²) in [4.78, 5) is 5.31. The zero-order valence-electron chi connectivity index (χ0n) is 55.6. The van der Waals surface area contributed by atoms with Crippen molar-refractivity contribution in [2.45, 2.75) is 26.2 Å². The number of hydrogen-bond acceptors (Lipinski definition) is 4. The van der Waals surface area contributed by atoms with Crippen molar-refractivity contribution in [3.8, 4) is 44.5 Å². The van der Waals surface area contributed by atoms with Crippen molar-refractivity contribution in [1.29, 1.82) is 0 Å². The lowest BCUT2D eigenvalue weighted by molar-refractivity contribution is 0.590. The normalized spacial score (nSPS) is 13.2. The number of para-hydroxylation sites is 8. The van der Waals surface area contributed by atoms with E-state index in [1.54, 1.807) is 0 Å². The van der Waals surface area contributed by atoms with Crippen LogP contribution in [0.2, 0.25) is 0 Å². The Labute approximate surface area is 580 Å². The van der Waals surface area contributed by atoms with Gasteiger partial charge in [0.05, 0.1) is 44.5 Å². The average molecular weight is 1290 g/mol. The second kappa shape index (κ2) is 19.9. The molecule has 2 aliphatic heterocycles. The summed E-state index contributed by atoms with van der Waals surface area (Å²) < 4.78 is 17.9. The second-order valence-electron chi connectivity index (χ2n) is 29.1. The monoisotopic (exact) mass is 1290 g/mol. The molecule has 0 aliphatic carbocycles. The highest BCUT2D eigenvalue weighted by molar-refractivity contribution is 7.00. The van der Waals surface area contributed by atoms with Gasteiger partial charge in [0.15, 0.2) is 0 Å². The molecule has 6 nitrogen and oxygen atoms in total. The Balaban J connectivity index is 0.818. The van der Waals surface area contributed by atoms with Crippen molar-refractivity contribution in [2.75, 3.05) is 9.80 Å². The van der Waals surface area contributed by atoms with Gasteiger partial charge < -0.3 is 27.4 Å². The molecule has 6 aromatic heterocycles. The highest BCUT2D eigenvalue weighted by Crippen LogP contribution is 2.53. The fourth-order valence-corrected chi connectivity index (χ4v) is 18.1. The SMILES string of the molecule is CC(C)(C)c1cc2c3c(c1)N(c1ccccc1-c1cc4c5ccccc5n5c6ccccc6c(c1)c45)c1cc(-c4ccc5oc6ccccc6c5c4)ccc1B3c1ccc(-c3ccc4oc5ccccc5c4c3)cc1N2c1ccccc1-c1cc2c3ccccc3n3c4ccccc4c(c1)c23. The molecule has 0 atom stereocenters. The predicted octanol–water partition coefficient (Wildman–Crippen LogP) is 23.8. The van der Waals surface area contributed by atoms with E-state index in [0.717, 1.165) is 111 Å². The van der Waals surface area contributed by atoms with E-state index >= 15 is 0 Å². The van der Waals surface area contributed by atoms with Gasteiger partial charge in [0.25, 0.3) is 6.71 Å². The molecule has 21 aromatic rings. The van der Waals surface area contributed by atoms with Gasteiger partial charge in [-0.25, -0.2) is 0 Å². The first kappa shape index (κ1) is 55.2. The van der Waals surface area contributed by atoms with Crippen molar-refractivity contribution in [1.82, 2.24) is 8.80 Å². The third-order valence-electron chi connectivity index (χ3n) is 22.7. The van der Waals surface area contributed by atoms with Crippen molar-refractivity contribution in [3.63, 3.8) is 0 Å². The lowest BCUT2D eigenvalue weighted by atomic mass is 9.33. The van der Waals surface area contributed by atoms with Crippen LogP contribution in [-0.4, -0.2) is 15.5 Å². The molecule has 15 aromatic carbocycles. The zero-order chi connectivity index (χ0) is 66.3. The van der Waals surface area contributed by atoms with Crippen LogP contribution in [0.1, 0.15) is 26.3 Å². The molecule has 23 rings (SSSR count). The van der Waals surface area contributed by atoms with Crippen molar-refractivity contribution in [3.05, 3.63) is 309 Å². The van der Waals surface area contributed by atoms with Gasteiger partial charge in [-0.15, -0.1) is 0 Å². The quantitative estimate of drug-likeness (QED) is 0.156. The Morgan fingerprint density at radius 1 is 0.257 bits per heavy atom. The Hall–Kier alpha value is -12.8. The highest BCUT2D eigenvalue weighted by atomic mass is 16.3. The molecule has 0 N–H and O–H groups in total. The number of aromatic nitrogens is 2. The topological polar surface area (TPSA) is 41.6 Å². The third kappa shape index (κ3) is 7.56. The number of furan rings is 2. The third-order valence-corrected chi connectivity index (χ3v) is 22.7. The molecule has 0 fully saturated rings. The van der Waals surface area contributed by atoms with Crippen LogP contribution in [0.5, 0.6) is 0 Å². The average Bonchev–Trinajstić information content (AvgIpc) is 1.68. The van der Waals surface area contributed by atoms with E-state index in [9.17, 15) is 0 Å². The summed E-state index contributed by atoms with van der Waals surface area (Å²) in [6.07, 6.45) is 0. The molecule has 0 bridgehead atoms. The van der Waals surface area contributed by atoms with Crippen LogP contribution >= 0.6 is 0 Å². The minimum absolute atomic E-state index is 0.186.